The minimum atomic E-state index is -1.23. The van der Waals surface area contributed by atoms with Crippen LogP contribution in [-0.4, -0.2) is 46.5 Å². The van der Waals surface area contributed by atoms with E-state index in [1.165, 1.54) is 0 Å². The summed E-state index contributed by atoms with van der Waals surface area (Å²) in [5.74, 6) is 0.581. The summed E-state index contributed by atoms with van der Waals surface area (Å²) in [7, 11) is -1.23. The molecule has 1 amide bonds. The Morgan fingerprint density at radius 2 is 1.76 bits per heavy atom. The van der Waals surface area contributed by atoms with Gasteiger partial charge >= 0.3 is 0 Å². The number of carbonyl (C=O) groups excluding carboxylic acids is 1. The quantitative estimate of drug-likeness (QED) is 0.165. The molecule has 0 aliphatic rings. The lowest BCUT2D eigenvalue weighted by Crippen LogP contribution is -2.23. The molecule has 4 rings (SSSR count). The van der Waals surface area contributed by atoms with Crippen molar-refractivity contribution in [2.75, 3.05) is 18.5 Å². The smallest absolute Gasteiger partial charge is 0.291 e. The minimum Gasteiger partial charge on any atom is -0.491 e. The van der Waals surface area contributed by atoms with E-state index in [4.69, 9.17) is 14.5 Å². The number of ether oxygens (including phenoxy) is 2. The molecular weight excluding hydrogens is 494 g/mol. The lowest BCUT2D eigenvalue weighted by atomic mass is 10.2. The summed E-state index contributed by atoms with van der Waals surface area (Å²) in [6.07, 6.45) is 6.45. The molecule has 0 bridgehead atoms. The van der Waals surface area contributed by atoms with Crippen molar-refractivity contribution in [3.05, 3.63) is 84.6 Å². The molecule has 2 aromatic heterocycles. The number of carbonyl (C=O) groups is 1. The maximum absolute atomic E-state index is 13.4. The Balaban J connectivity index is 1.55. The number of benzene rings is 2. The number of para-hydroxylation sites is 2. The normalized spacial score (nSPS) is 11.5. The van der Waals surface area contributed by atoms with E-state index in [9.17, 15) is 4.79 Å². The Morgan fingerprint density at radius 1 is 1.00 bits per heavy atom. The van der Waals surface area contributed by atoms with Crippen LogP contribution in [0.25, 0.3) is 11.3 Å². The summed E-state index contributed by atoms with van der Waals surface area (Å²) in [6, 6.07) is 18.6. The first-order valence-corrected chi connectivity index (χ1v) is 16.8. The average Bonchev–Trinajstić information content (AvgIpc) is 3.53. The molecule has 0 saturated heterocycles. The van der Waals surface area contributed by atoms with Crippen LogP contribution in [-0.2, 0) is 18.0 Å². The van der Waals surface area contributed by atoms with Crippen LogP contribution >= 0.6 is 0 Å². The number of amides is 1. The number of imidazole rings is 1. The van der Waals surface area contributed by atoms with E-state index in [1.54, 1.807) is 10.8 Å². The highest BCUT2D eigenvalue weighted by Crippen LogP contribution is 2.25. The highest BCUT2D eigenvalue weighted by molar-refractivity contribution is 6.76. The van der Waals surface area contributed by atoms with Crippen molar-refractivity contribution in [3.8, 4) is 17.0 Å². The molecule has 0 unspecified atom stereocenters. The van der Waals surface area contributed by atoms with Crippen molar-refractivity contribution in [2.24, 2.45) is 0 Å². The molecule has 2 heterocycles. The third-order valence-electron chi connectivity index (χ3n) is 5.92. The molecule has 9 heteroatoms. The molecule has 0 saturated carbocycles. The van der Waals surface area contributed by atoms with Gasteiger partial charge < -0.3 is 19.4 Å². The van der Waals surface area contributed by atoms with Gasteiger partial charge in [0.25, 0.3) is 5.91 Å². The molecule has 2 aromatic carbocycles. The Kier molecular flexibility index (Phi) is 9.14. The van der Waals surface area contributed by atoms with Gasteiger partial charge in [0.2, 0.25) is 5.82 Å². The van der Waals surface area contributed by atoms with E-state index < -0.39 is 8.07 Å². The van der Waals surface area contributed by atoms with Crippen molar-refractivity contribution in [3.63, 3.8) is 0 Å². The molecule has 0 atom stereocenters. The number of nitrogens with one attached hydrogen (secondary N) is 1. The largest absolute Gasteiger partial charge is 0.491 e. The summed E-state index contributed by atoms with van der Waals surface area (Å²) in [6.45, 7) is 11.1. The van der Waals surface area contributed by atoms with E-state index in [2.05, 4.69) is 42.2 Å². The van der Waals surface area contributed by atoms with Crippen molar-refractivity contribution in [2.45, 2.75) is 52.3 Å². The Labute approximate surface area is 225 Å². The van der Waals surface area contributed by atoms with E-state index in [-0.39, 0.29) is 18.5 Å². The molecule has 38 heavy (non-hydrogen) atoms. The first-order valence-electron chi connectivity index (χ1n) is 13.1. The molecular formula is C29H37N5O3Si. The zero-order valence-corrected chi connectivity index (χ0v) is 23.7. The molecule has 0 spiro atoms. The van der Waals surface area contributed by atoms with Gasteiger partial charge in [0.1, 0.15) is 12.5 Å². The Morgan fingerprint density at radius 3 is 2.53 bits per heavy atom. The second-order valence-electron chi connectivity index (χ2n) is 10.5. The van der Waals surface area contributed by atoms with Crippen LogP contribution in [0.5, 0.6) is 5.75 Å². The average molecular weight is 532 g/mol. The highest BCUT2D eigenvalue weighted by Gasteiger charge is 2.20. The van der Waals surface area contributed by atoms with Crippen LogP contribution in [0.1, 0.15) is 29.5 Å². The van der Waals surface area contributed by atoms with Gasteiger partial charge in [0, 0.05) is 32.6 Å². The van der Waals surface area contributed by atoms with Gasteiger partial charge in [-0.15, -0.1) is 0 Å². The van der Waals surface area contributed by atoms with Crippen LogP contribution in [0, 0.1) is 0 Å². The predicted molar refractivity (Wildman–Crippen MR) is 153 cm³/mol. The fourth-order valence-electron chi connectivity index (χ4n) is 3.81. The van der Waals surface area contributed by atoms with Crippen LogP contribution < -0.4 is 10.1 Å². The van der Waals surface area contributed by atoms with E-state index in [0.29, 0.717) is 36.9 Å². The van der Waals surface area contributed by atoms with E-state index >= 15 is 0 Å². The molecule has 4 aromatic rings. The SMILES string of the molecule is CCCOc1ccccc1NC(=O)c1nc(-c2cnn(Cc3ccccc3)c2)cn1COCC[Si](C)(C)C. The van der Waals surface area contributed by atoms with Crippen molar-refractivity contribution < 1.29 is 14.3 Å². The third-order valence-corrected chi connectivity index (χ3v) is 7.62. The monoisotopic (exact) mass is 531 g/mol. The van der Waals surface area contributed by atoms with Crippen molar-refractivity contribution in [1.29, 1.82) is 0 Å². The molecule has 0 radical (unpaired) electrons. The number of aromatic nitrogens is 4. The summed E-state index contributed by atoms with van der Waals surface area (Å²) in [5, 5.41) is 7.48. The second kappa shape index (κ2) is 12.7. The van der Waals surface area contributed by atoms with E-state index in [0.717, 1.165) is 23.6 Å². The van der Waals surface area contributed by atoms with Crippen LogP contribution in [0.15, 0.2) is 73.2 Å². The van der Waals surface area contributed by atoms with Gasteiger partial charge in [0.15, 0.2) is 0 Å². The summed E-state index contributed by atoms with van der Waals surface area (Å²) < 4.78 is 15.4. The first-order chi connectivity index (χ1) is 18.3. The number of hydrogen-bond acceptors (Lipinski definition) is 5. The summed E-state index contributed by atoms with van der Waals surface area (Å²) in [4.78, 5) is 18.1. The standard InChI is InChI=1S/C29H37N5O3Si/c1-5-15-37-27-14-10-9-13-25(27)32-29(35)28-31-26(21-33(28)22-36-16-17-38(2,3)4)24-18-30-34(20-24)19-23-11-7-6-8-12-23/h6-14,18,20-21H,5,15-17,19,22H2,1-4H3,(H,32,35). The van der Waals surface area contributed by atoms with Gasteiger partial charge in [-0.25, -0.2) is 4.98 Å². The van der Waals surface area contributed by atoms with Crippen LogP contribution in [0.2, 0.25) is 25.7 Å². The second-order valence-corrected chi connectivity index (χ2v) is 16.1. The number of hydrogen-bond donors (Lipinski definition) is 1. The molecule has 1 N–H and O–H groups in total. The lowest BCUT2D eigenvalue weighted by molar-refractivity contribution is 0.0808. The Hall–Kier alpha value is -3.69. The minimum absolute atomic E-state index is 0.242. The van der Waals surface area contributed by atoms with Crippen molar-refractivity contribution >= 4 is 19.7 Å². The topological polar surface area (TPSA) is 83.2 Å². The fraction of sp³-hybridized carbons (Fsp3) is 0.345. The zero-order chi connectivity index (χ0) is 27.0. The number of anilines is 1. The van der Waals surface area contributed by atoms with Crippen LogP contribution in [0.4, 0.5) is 5.69 Å². The predicted octanol–water partition coefficient (Wildman–Crippen LogP) is 6.15. The van der Waals surface area contributed by atoms with Gasteiger partial charge in [0.05, 0.1) is 30.7 Å². The summed E-state index contributed by atoms with van der Waals surface area (Å²) in [5.41, 5.74) is 3.27. The van der Waals surface area contributed by atoms with E-state index in [1.807, 2.05) is 66.5 Å². The van der Waals surface area contributed by atoms with Crippen LogP contribution in [0.3, 0.4) is 0 Å². The Bertz CT molecular complexity index is 1330. The maximum Gasteiger partial charge on any atom is 0.291 e. The summed E-state index contributed by atoms with van der Waals surface area (Å²) >= 11 is 0. The van der Waals surface area contributed by atoms with Crippen molar-refractivity contribution in [1.82, 2.24) is 19.3 Å². The number of nitrogens with zero attached hydrogens (tertiary/aromatic N) is 4. The third kappa shape index (κ3) is 7.66. The van der Waals surface area contributed by atoms with Gasteiger partial charge in [-0.3, -0.25) is 9.48 Å². The van der Waals surface area contributed by atoms with Gasteiger partial charge in [-0.1, -0.05) is 69.0 Å². The lowest BCUT2D eigenvalue weighted by Gasteiger charge is -2.16. The molecule has 0 fully saturated rings. The molecule has 8 nitrogen and oxygen atoms in total. The molecule has 0 aliphatic carbocycles. The number of rotatable bonds is 13. The molecule has 200 valence electrons. The van der Waals surface area contributed by atoms with Gasteiger partial charge in [-0.2, -0.15) is 5.10 Å². The van der Waals surface area contributed by atoms with Gasteiger partial charge in [-0.05, 0) is 30.2 Å². The molecule has 0 aliphatic heterocycles. The highest BCUT2D eigenvalue weighted by atomic mass is 28.3. The maximum atomic E-state index is 13.4. The fourth-order valence-corrected chi connectivity index (χ4v) is 4.57. The zero-order valence-electron chi connectivity index (χ0n) is 22.7. The first kappa shape index (κ1) is 27.3.